The van der Waals surface area contributed by atoms with Gasteiger partial charge in [0.15, 0.2) is 9.84 Å². The lowest BCUT2D eigenvalue weighted by atomic mass is 10.1. The Bertz CT molecular complexity index is 1050. The molecule has 0 aliphatic carbocycles. The molecule has 0 fully saturated rings. The summed E-state index contributed by atoms with van der Waals surface area (Å²) >= 11 is 0. The number of amides is 1. The first-order valence-electron chi connectivity index (χ1n) is 8.93. The molecule has 0 saturated carbocycles. The highest BCUT2D eigenvalue weighted by Gasteiger charge is 2.30. The number of carbonyl (C=O) groups excluding carboxylic acids is 1. The van der Waals surface area contributed by atoms with Gasteiger partial charge in [-0.3, -0.25) is 9.78 Å². The van der Waals surface area contributed by atoms with Gasteiger partial charge in [-0.15, -0.1) is 0 Å². The molecule has 0 aliphatic heterocycles. The van der Waals surface area contributed by atoms with Crippen molar-refractivity contribution in [2.75, 3.05) is 6.54 Å². The van der Waals surface area contributed by atoms with E-state index in [-0.39, 0.29) is 17.3 Å². The van der Waals surface area contributed by atoms with E-state index in [0.29, 0.717) is 11.1 Å². The second-order valence-electron chi connectivity index (χ2n) is 6.71. The standard InChI is InChI=1S/C22H22N2O3S/c1-16-5-9-18(10-6-16)22(25)24-15-21(19-4-3-13-23-14-19)28(26,27)20-11-7-17(2)8-12-20/h3-14,21H,15H2,1-2H3,(H,24,25)/t21-/m0/s1. The summed E-state index contributed by atoms with van der Waals surface area (Å²) < 4.78 is 26.5. The van der Waals surface area contributed by atoms with Crippen LogP contribution in [0.25, 0.3) is 0 Å². The Hall–Kier alpha value is -2.99. The fourth-order valence-corrected chi connectivity index (χ4v) is 4.50. The van der Waals surface area contributed by atoms with Gasteiger partial charge in [0.25, 0.3) is 5.91 Å². The fourth-order valence-electron chi connectivity index (χ4n) is 2.86. The summed E-state index contributed by atoms with van der Waals surface area (Å²) in [6, 6.07) is 17.2. The number of hydrogen-bond acceptors (Lipinski definition) is 4. The molecule has 1 aromatic heterocycles. The maximum absolute atomic E-state index is 13.3. The van der Waals surface area contributed by atoms with Crippen molar-refractivity contribution in [3.05, 3.63) is 95.3 Å². The molecule has 6 heteroatoms. The fraction of sp³-hybridized carbons (Fsp3) is 0.182. The monoisotopic (exact) mass is 394 g/mol. The van der Waals surface area contributed by atoms with Gasteiger partial charge in [-0.25, -0.2) is 8.42 Å². The molecular weight excluding hydrogens is 372 g/mol. The number of sulfone groups is 1. The lowest BCUT2D eigenvalue weighted by molar-refractivity contribution is 0.0953. The third kappa shape index (κ3) is 4.46. The van der Waals surface area contributed by atoms with Gasteiger partial charge < -0.3 is 5.32 Å². The average Bonchev–Trinajstić information content (AvgIpc) is 2.69. The van der Waals surface area contributed by atoms with Gasteiger partial charge in [0.2, 0.25) is 0 Å². The maximum atomic E-state index is 13.3. The molecule has 1 amide bonds. The summed E-state index contributed by atoms with van der Waals surface area (Å²) in [5.74, 6) is -0.312. The molecule has 2 aromatic carbocycles. The molecule has 0 spiro atoms. The Balaban J connectivity index is 1.88. The van der Waals surface area contributed by atoms with Crippen molar-refractivity contribution in [1.82, 2.24) is 10.3 Å². The number of hydrogen-bond donors (Lipinski definition) is 1. The van der Waals surface area contributed by atoms with Gasteiger partial charge in [0.1, 0.15) is 5.25 Å². The topological polar surface area (TPSA) is 76.1 Å². The van der Waals surface area contributed by atoms with E-state index in [1.165, 1.54) is 6.20 Å². The molecule has 5 nitrogen and oxygen atoms in total. The molecule has 1 heterocycles. The molecule has 3 rings (SSSR count). The van der Waals surface area contributed by atoms with E-state index in [0.717, 1.165) is 11.1 Å². The van der Waals surface area contributed by atoms with Gasteiger partial charge >= 0.3 is 0 Å². The van der Waals surface area contributed by atoms with E-state index >= 15 is 0 Å². The van der Waals surface area contributed by atoms with Crippen molar-refractivity contribution in [2.24, 2.45) is 0 Å². The van der Waals surface area contributed by atoms with E-state index in [9.17, 15) is 13.2 Å². The quantitative estimate of drug-likeness (QED) is 0.692. The van der Waals surface area contributed by atoms with Crippen molar-refractivity contribution in [1.29, 1.82) is 0 Å². The molecule has 28 heavy (non-hydrogen) atoms. The Kier molecular flexibility index (Phi) is 5.90. The highest BCUT2D eigenvalue weighted by molar-refractivity contribution is 7.91. The zero-order valence-corrected chi connectivity index (χ0v) is 16.6. The molecule has 144 valence electrons. The summed E-state index contributed by atoms with van der Waals surface area (Å²) in [4.78, 5) is 16.7. The van der Waals surface area contributed by atoms with Gasteiger partial charge in [-0.05, 0) is 49.7 Å². The molecule has 0 radical (unpaired) electrons. The molecule has 1 N–H and O–H groups in total. The van der Waals surface area contributed by atoms with Crippen LogP contribution in [0, 0.1) is 13.8 Å². The van der Waals surface area contributed by atoms with Crippen LogP contribution in [-0.2, 0) is 9.84 Å². The predicted molar refractivity (Wildman–Crippen MR) is 109 cm³/mol. The first-order chi connectivity index (χ1) is 13.4. The number of benzene rings is 2. The first kappa shape index (κ1) is 19.8. The van der Waals surface area contributed by atoms with Crippen LogP contribution in [0.1, 0.15) is 32.3 Å². The van der Waals surface area contributed by atoms with Crippen molar-refractivity contribution in [2.45, 2.75) is 24.0 Å². The summed E-state index contributed by atoms with van der Waals surface area (Å²) in [5, 5.41) is 1.83. The second-order valence-corrected chi connectivity index (χ2v) is 8.84. The van der Waals surface area contributed by atoms with Crippen LogP contribution in [0.3, 0.4) is 0 Å². The van der Waals surface area contributed by atoms with Gasteiger partial charge in [-0.1, -0.05) is 41.5 Å². The Labute approximate surface area is 165 Å². The minimum absolute atomic E-state index is 0.0470. The highest BCUT2D eigenvalue weighted by atomic mass is 32.2. The van der Waals surface area contributed by atoms with Crippen molar-refractivity contribution in [3.63, 3.8) is 0 Å². The number of pyridine rings is 1. The van der Waals surface area contributed by atoms with Crippen LogP contribution < -0.4 is 5.32 Å². The van der Waals surface area contributed by atoms with E-state index in [1.54, 1.807) is 54.7 Å². The minimum Gasteiger partial charge on any atom is -0.350 e. The van der Waals surface area contributed by atoms with Gasteiger partial charge in [0, 0.05) is 24.5 Å². The van der Waals surface area contributed by atoms with E-state index in [1.807, 2.05) is 26.0 Å². The van der Waals surface area contributed by atoms with E-state index < -0.39 is 15.1 Å². The van der Waals surface area contributed by atoms with Crippen molar-refractivity contribution < 1.29 is 13.2 Å². The number of aromatic nitrogens is 1. The normalized spacial score (nSPS) is 12.4. The summed E-state index contributed by atoms with van der Waals surface area (Å²) in [5.41, 5.74) is 3.05. The van der Waals surface area contributed by atoms with Gasteiger partial charge in [0.05, 0.1) is 4.90 Å². The van der Waals surface area contributed by atoms with E-state index in [4.69, 9.17) is 0 Å². The molecule has 0 saturated heterocycles. The molecule has 1 atom stereocenters. The predicted octanol–water partition coefficient (Wildman–Crippen LogP) is 3.64. The number of nitrogens with one attached hydrogen (secondary N) is 1. The SMILES string of the molecule is Cc1ccc(C(=O)NC[C@@H](c2cccnc2)S(=O)(=O)c2ccc(C)cc2)cc1. The highest BCUT2D eigenvalue weighted by Crippen LogP contribution is 2.28. The van der Waals surface area contributed by atoms with Crippen molar-refractivity contribution in [3.8, 4) is 0 Å². The molecule has 0 unspecified atom stereocenters. The van der Waals surface area contributed by atoms with Crippen LogP contribution in [0.15, 0.2) is 78.0 Å². The Morgan fingerprint density at radius 3 is 2.14 bits per heavy atom. The summed E-state index contributed by atoms with van der Waals surface area (Å²) in [6.45, 7) is 3.79. The molecule has 0 aliphatic rings. The van der Waals surface area contributed by atoms with Crippen LogP contribution >= 0.6 is 0 Å². The van der Waals surface area contributed by atoms with Crippen LogP contribution in [0.4, 0.5) is 0 Å². The number of nitrogens with zero attached hydrogens (tertiary/aromatic N) is 1. The maximum Gasteiger partial charge on any atom is 0.251 e. The molecule has 0 bridgehead atoms. The van der Waals surface area contributed by atoms with Crippen LogP contribution in [0.2, 0.25) is 0 Å². The van der Waals surface area contributed by atoms with Gasteiger partial charge in [-0.2, -0.15) is 0 Å². The smallest absolute Gasteiger partial charge is 0.251 e. The number of carbonyl (C=O) groups is 1. The average molecular weight is 394 g/mol. The second kappa shape index (κ2) is 8.35. The first-order valence-corrected chi connectivity index (χ1v) is 10.5. The zero-order valence-electron chi connectivity index (χ0n) is 15.8. The third-order valence-electron chi connectivity index (χ3n) is 4.54. The largest absolute Gasteiger partial charge is 0.350 e. The third-order valence-corrected chi connectivity index (χ3v) is 6.66. The van der Waals surface area contributed by atoms with Crippen LogP contribution in [-0.4, -0.2) is 25.9 Å². The zero-order chi connectivity index (χ0) is 20.1. The molecule has 3 aromatic rings. The lowest BCUT2D eigenvalue weighted by Gasteiger charge is -2.19. The Morgan fingerprint density at radius 1 is 0.964 bits per heavy atom. The van der Waals surface area contributed by atoms with Crippen molar-refractivity contribution >= 4 is 15.7 Å². The molecular formula is C22H22N2O3S. The summed E-state index contributed by atoms with van der Waals surface area (Å²) in [7, 11) is -3.71. The Morgan fingerprint density at radius 2 is 1.57 bits per heavy atom. The minimum atomic E-state index is -3.71. The van der Waals surface area contributed by atoms with Crippen LogP contribution in [0.5, 0.6) is 0 Å². The number of aryl methyl sites for hydroxylation is 2. The van der Waals surface area contributed by atoms with E-state index in [2.05, 4.69) is 10.3 Å². The summed E-state index contributed by atoms with van der Waals surface area (Å²) in [6.07, 6.45) is 3.11. The lowest BCUT2D eigenvalue weighted by Crippen LogP contribution is -2.32. The number of rotatable bonds is 6.